The summed E-state index contributed by atoms with van der Waals surface area (Å²) in [5, 5.41) is 3.26. The molecule has 6 rings (SSSR count). The van der Waals surface area contributed by atoms with E-state index < -0.39 is 17.6 Å². The Morgan fingerprint density at radius 3 is 2.59 bits per heavy atom. The molecule has 3 unspecified atom stereocenters. The van der Waals surface area contributed by atoms with Crippen LogP contribution in [0.4, 0.5) is 10.1 Å². The second-order valence-corrected chi connectivity index (χ2v) is 12.7. The summed E-state index contributed by atoms with van der Waals surface area (Å²) in [5.41, 5.74) is 4.75. The van der Waals surface area contributed by atoms with Crippen LogP contribution in [0, 0.1) is 39.4 Å². The highest BCUT2D eigenvalue weighted by atomic mass is 19.1. The molecular formula is C34H41FN2O2. The van der Waals surface area contributed by atoms with Crippen LogP contribution in [-0.4, -0.2) is 31.1 Å². The van der Waals surface area contributed by atoms with Gasteiger partial charge in [-0.3, -0.25) is 4.79 Å². The molecule has 1 heterocycles. The highest BCUT2D eigenvalue weighted by Crippen LogP contribution is 2.70. The van der Waals surface area contributed by atoms with Gasteiger partial charge >= 0.3 is 0 Å². The first kappa shape index (κ1) is 26.5. The van der Waals surface area contributed by atoms with Crippen molar-refractivity contribution in [2.45, 2.75) is 96.7 Å². The number of allylic oxidation sites excluding steroid dienone is 3. The minimum Gasteiger partial charge on any atom is -0.372 e. The fraction of sp³-hybridized carbons (Fsp3) is 0.618. The molecule has 0 radical (unpaired) electrons. The number of benzene rings is 1. The summed E-state index contributed by atoms with van der Waals surface area (Å²) in [6, 6.07) is 8.63. The van der Waals surface area contributed by atoms with Crippen LogP contribution in [0.1, 0.15) is 90.0 Å². The van der Waals surface area contributed by atoms with Crippen molar-refractivity contribution in [3.8, 4) is 11.8 Å². The number of carbonyl (C=O) groups is 1. The molecule has 1 aromatic carbocycles. The molecule has 1 saturated heterocycles. The lowest BCUT2D eigenvalue weighted by molar-refractivity contribution is -0.132. The van der Waals surface area contributed by atoms with Crippen LogP contribution >= 0.6 is 0 Å². The number of anilines is 1. The summed E-state index contributed by atoms with van der Waals surface area (Å²) >= 11 is 0. The Bertz CT molecular complexity index is 1280. The Kier molecular flexibility index (Phi) is 6.81. The van der Waals surface area contributed by atoms with Gasteiger partial charge in [-0.2, -0.15) is 4.91 Å². The van der Waals surface area contributed by atoms with Crippen molar-refractivity contribution in [2.75, 3.05) is 18.0 Å². The van der Waals surface area contributed by atoms with E-state index in [1.807, 2.05) is 19.9 Å². The normalized spacial score (nSPS) is 37.3. The predicted octanol–water partition coefficient (Wildman–Crippen LogP) is 7.69. The second kappa shape index (κ2) is 10.0. The van der Waals surface area contributed by atoms with Crippen molar-refractivity contribution in [3.05, 3.63) is 57.5 Å². The number of Topliss-reactive ketones (excluding diaryl/α,β-unsaturated/α-hetero) is 1. The standard InChI is InChI=1S/C34H41FN2O2/c1-4-15-34(31(38)5-2)16-14-29-27-20-30(35)26-19-23(36-39)10-13-25(26)32(27)28(21-33(29,34)3)22-8-11-24(12-9-22)37-17-6-7-18-37/h8-9,11-12,19,23,27-30H,5-7,10,13-14,16-18,20-21H2,1-3H3/t23?,27-,28?,29-,30?,33-,34+/m0/s1. The maximum atomic E-state index is 16.0. The van der Waals surface area contributed by atoms with E-state index in [9.17, 15) is 9.70 Å². The number of nitrogens with zero attached hydrogens (tertiary/aromatic N) is 2. The quantitative estimate of drug-likeness (QED) is 0.291. The highest BCUT2D eigenvalue weighted by molar-refractivity contribution is 5.89. The zero-order chi connectivity index (χ0) is 27.4. The van der Waals surface area contributed by atoms with Crippen LogP contribution in [0.2, 0.25) is 0 Å². The van der Waals surface area contributed by atoms with E-state index in [0.29, 0.717) is 31.3 Å². The largest absolute Gasteiger partial charge is 0.372 e. The van der Waals surface area contributed by atoms with Crippen molar-refractivity contribution >= 4 is 11.5 Å². The van der Waals surface area contributed by atoms with E-state index in [1.54, 1.807) is 0 Å². The Morgan fingerprint density at radius 1 is 1.18 bits per heavy atom. The van der Waals surface area contributed by atoms with Gasteiger partial charge in [0.2, 0.25) is 0 Å². The average molecular weight is 529 g/mol. The van der Waals surface area contributed by atoms with Gasteiger partial charge in [-0.1, -0.05) is 48.7 Å². The Labute approximate surface area is 232 Å². The molecule has 4 nitrogen and oxygen atoms in total. The summed E-state index contributed by atoms with van der Waals surface area (Å²) in [5.74, 6) is 7.27. The minimum atomic E-state index is -1.09. The van der Waals surface area contributed by atoms with E-state index in [0.717, 1.165) is 37.9 Å². The molecule has 39 heavy (non-hydrogen) atoms. The van der Waals surface area contributed by atoms with Gasteiger partial charge in [0.1, 0.15) is 12.2 Å². The zero-order valence-electron chi connectivity index (χ0n) is 23.6. The van der Waals surface area contributed by atoms with Crippen LogP contribution < -0.4 is 4.90 Å². The predicted molar refractivity (Wildman–Crippen MR) is 154 cm³/mol. The second-order valence-electron chi connectivity index (χ2n) is 12.7. The number of carbonyl (C=O) groups excluding carboxylic acids is 1. The number of hydrogen-bond donors (Lipinski definition) is 0. The lowest BCUT2D eigenvalue weighted by Gasteiger charge is -2.55. The van der Waals surface area contributed by atoms with Gasteiger partial charge in [-0.25, -0.2) is 4.39 Å². The third-order valence-corrected chi connectivity index (χ3v) is 11.1. The minimum absolute atomic E-state index is 0.0834. The number of fused-ring (bicyclic) bond motifs is 4. The number of hydrogen-bond acceptors (Lipinski definition) is 4. The topological polar surface area (TPSA) is 49.7 Å². The van der Waals surface area contributed by atoms with E-state index in [2.05, 4.69) is 53.1 Å². The van der Waals surface area contributed by atoms with Gasteiger partial charge in [0.25, 0.3) is 0 Å². The number of ketones is 1. The molecule has 2 saturated carbocycles. The first-order chi connectivity index (χ1) is 18.9. The van der Waals surface area contributed by atoms with E-state index in [1.165, 1.54) is 29.7 Å². The molecule has 5 heteroatoms. The Morgan fingerprint density at radius 2 is 1.92 bits per heavy atom. The van der Waals surface area contributed by atoms with Gasteiger partial charge < -0.3 is 4.90 Å². The number of alkyl halides is 1. The van der Waals surface area contributed by atoms with E-state index in [4.69, 9.17) is 0 Å². The van der Waals surface area contributed by atoms with Gasteiger partial charge in [0.15, 0.2) is 5.78 Å². The molecule has 0 aromatic heterocycles. The fourth-order valence-electron chi connectivity index (χ4n) is 9.30. The molecule has 4 aliphatic carbocycles. The summed E-state index contributed by atoms with van der Waals surface area (Å²) in [6.45, 7) is 8.31. The van der Waals surface area contributed by atoms with Crippen LogP contribution in [0.15, 0.2) is 52.2 Å². The van der Waals surface area contributed by atoms with Crippen molar-refractivity contribution in [2.24, 2.45) is 27.8 Å². The maximum Gasteiger partial charge on any atom is 0.151 e. The van der Waals surface area contributed by atoms with Crippen molar-refractivity contribution in [1.82, 2.24) is 0 Å². The van der Waals surface area contributed by atoms with Crippen LogP contribution in [-0.2, 0) is 4.79 Å². The van der Waals surface area contributed by atoms with Crippen molar-refractivity contribution in [3.63, 3.8) is 0 Å². The smallest absolute Gasteiger partial charge is 0.151 e. The molecule has 1 aromatic rings. The molecule has 1 aliphatic heterocycles. The molecule has 5 aliphatic rings. The molecule has 7 atom stereocenters. The molecule has 0 bridgehead atoms. The van der Waals surface area contributed by atoms with Crippen LogP contribution in [0.3, 0.4) is 0 Å². The third kappa shape index (κ3) is 3.96. The summed E-state index contributed by atoms with van der Waals surface area (Å²) in [7, 11) is 0. The van der Waals surface area contributed by atoms with Gasteiger partial charge in [0, 0.05) is 31.1 Å². The lowest BCUT2D eigenvalue weighted by atomic mass is 9.48. The van der Waals surface area contributed by atoms with Crippen LogP contribution in [0.5, 0.6) is 0 Å². The molecule has 0 spiro atoms. The zero-order valence-corrected chi connectivity index (χ0v) is 23.6. The third-order valence-electron chi connectivity index (χ3n) is 11.1. The maximum absolute atomic E-state index is 16.0. The van der Waals surface area contributed by atoms with Crippen LogP contribution in [0.25, 0.3) is 0 Å². The lowest BCUT2D eigenvalue weighted by Crippen LogP contribution is -2.51. The van der Waals surface area contributed by atoms with Crippen molar-refractivity contribution in [1.29, 1.82) is 0 Å². The fourth-order valence-corrected chi connectivity index (χ4v) is 9.30. The Hall–Kier alpha value is -2.74. The average Bonchev–Trinajstić information content (AvgIpc) is 3.60. The highest BCUT2D eigenvalue weighted by Gasteiger charge is 2.65. The first-order valence-corrected chi connectivity index (χ1v) is 15.1. The molecule has 3 fully saturated rings. The number of rotatable bonds is 5. The van der Waals surface area contributed by atoms with Gasteiger partial charge in [0.05, 0.1) is 5.41 Å². The van der Waals surface area contributed by atoms with E-state index in [-0.39, 0.29) is 29.0 Å². The summed E-state index contributed by atoms with van der Waals surface area (Å²) < 4.78 is 16.0. The monoisotopic (exact) mass is 528 g/mol. The summed E-state index contributed by atoms with van der Waals surface area (Å²) in [6.07, 6.45) is 7.96. The van der Waals surface area contributed by atoms with E-state index >= 15 is 4.39 Å². The number of nitroso groups, excluding NO2 is 1. The Balaban J connectivity index is 1.51. The van der Waals surface area contributed by atoms with Gasteiger partial charge in [-0.15, -0.1) is 5.92 Å². The first-order valence-electron chi connectivity index (χ1n) is 15.1. The molecule has 0 amide bonds. The molecule has 0 N–H and O–H groups in total. The SMILES string of the molecule is CC#C[C@]1(C(=O)CC)CC[C@H]2[C@@H]3CC(F)C4=CC(N=O)CCC4=C3C(c3ccc(N4CCCC4)cc3)C[C@@]21C. The summed E-state index contributed by atoms with van der Waals surface area (Å²) in [4.78, 5) is 27.5. The van der Waals surface area contributed by atoms with Gasteiger partial charge in [-0.05, 0) is 104 Å². The molecular weight excluding hydrogens is 487 g/mol. The van der Waals surface area contributed by atoms with Crippen molar-refractivity contribution < 1.29 is 9.18 Å². The number of halogens is 1. The molecule has 206 valence electrons.